The highest BCUT2D eigenvalue weighted by molar-refractivity contribution is 7.15. The molecule has 0 radical (unpaired) electrons. The highest BCUT2D eigenvalue weighted by Crippen LogP contribution is 2.36. The van der Waals surface area contributed by atoms with Crippen LogP contribution >= 0.6 is 22.9 Å². The number of rotatable bonds is 5. The Bertz CT molecular complexity index is 1800. The minimum absolute atomic E-state index is 0.238. The molecule has 0 saturated heterocycles. The van der Waals surface area contributed by atoms with Crippen LogP contribution in [0.25, 0.3) is 21.9 Å². The lowest BCUT2D eigenvalue weighted by Crippen LogP contribution is -2.32. The summed E-state index contributed by atoms with van der Waals surface area (Å²) in [6.07, 6.45) is 0. The van der Waals surface area contributed by atoms with Gasteiger partial charge in [-0.05, 0) is 42.0 Å². The molecule has 1 amide bonds. The van der Waals surface area contributed by atoms with Crippen LogP contribution in [0.3, 0.4) is 0 Å². The van der Waals surface area contributed by atoms with Crippen LogP contribution in [0.5, 0.6) is 11.5 Å². The number of thiazole rings is 1. The van der Waals surface area contributed by atoms with Gasteiger partial charge in [0.1, 0.15) is 4.53 Å². The topological polar surface area (TPSA) is 86.0 Å². The largest absolute Gasteiger partial charge is 0.493 e. The molecular formula is C27H19ClN4O4S. The molecule has 2 aromatic heterocycles. The first-order chi connectivity index (χ1) is 18.0. The van der Waals surface area contributed by atoms with E-state index < -0.39 is 0 Å². The molecule has 1 aliphatic rings. The third-order valence-corrected chi connectivity index (χ3v) is 7.49. The number of fused-ring (bicyclic) bond motifs is 2. The Morgan fingerprint density at radius 3 is 2.43 bits per heavy atom. The van der Waals surface area contributed by atoms with Crippen LogP contribution in [0.1, 0.15) is 11.1 Å². The zero-order valence-corrected chi connectivity index (χ0v) is 21.3. The summed E-state index contributed by atoms with van der Waals surface area (Å²) in [5.74, 6) is 1.25. The van der Waals surface area contributed by atoms with E-state index in [4.69, 9.17) is 21.1 Å². The third kappa shape index (κ3) is 3.83. The van der Waals surface area contributed by atoms with E-state index in [9.17, 15) is 9.59 Å². The average molecular weight is 531 g/mol. The number of anilines is 1. The molecule has 0 N–H and O–H groups in total. The van der Waals surface area contributed by atoms with Gasteiger partial charge < -0.3 is 14.4 Å². The van der Waals surface area contributed by atoms with Crippen LogP contribution < -0.4 is 24.5 Å². The van der Waals surface area contributed by atoms with Gasteiger partial charge in [0.2, 0.25) is 4.96 Å². The molecule has 6 rings (SSSR count). The van der Waals surface area contributed by atoms with E-state index in [-0.39, 0.29) is 11.5 Å². The van der Waals surface area contributed by atoms with E-state index in [1.54, 1.807) is 49.5 Å². The molecule has 184 valence electrons. The summed E-state index contributed by atoms with van der Waals surface area (Å²) < 4.78 is 12.2. The maximum Gasteiger partial charge on any atom is 0.291 e. The van der Waals surface area contributed by atoms with Crippen molar-refractivity contribution in [2.45, 2.75) is 6.54 Å². The maximum absolute atomic E-state index is 13.7. The molecule has 0 atom stereocenters. The molecule has 10 heteroatoms. The second kappa shape index (κ2) is 9.02. The molecule has 0 unspecified atom stereocenters. The summed E-state index contributed by atoms with van der Waals surface area (Å²) >= 11 is 7.17. The van der Waals surface area contributed by atoms with E-state index in [1.807, 2.05) is 36.4 Å². The lowest BCUT2D eigenvalue weighted by atomic mass is 10.1. The van der Waals surface area contributed by atoms with Crippen LogP contribution in [0, 0.1) is 0 Å². The van der Waals surface area contributed by atoms with Gasteiger partial charge in [-0.25, -0.2) is 0 Å². The predicted molar refractivity (Wildman–Crippen MR) is 142 cm³/mol. The number of carbonyl (C=O) groups excluding carboxylic acids is 1. The SMILES string of the molecule is COc1ccc(-c2nc3s/c(=C4\C(=O)N(Cc5ccc(Cl)cc5)c5ccccc54)c(=O)n3n2)cc1OC. The van der Waals surface area contributed by atoms with Crippen molar-refractivity contribution in [3.05, 3.63) is 97.8 Å². The molecular weight excluding hydrogens is 512 g/mol. The summed E-state index contributed by atoms with van der Waals surface area (Å²) in [5.41, 5.74) is 3.05. The van der Waals surface area contributed by atoms with Crippen molar-refractivity contribution in [3.63, 3.8) is 0 Å². The molecule has 37 heavy (non-hydrogen) atoms. The number of nitrogens with zero attached hydrogens (tertiary/aromatic N) is 4. The van der Waals surface area contributed by atoms with Gasteiger partial charge in [-0.3, -0.25) is 9.59 Å². The zero-order chi connectivity index (χ0) is 25.7. The Hall–Kier alpha value is -4.21. The lowest BCUT2D eigenvalue weighted by molar-refractivity contribution is -0.113. The highest BCUT2D eigenvalue weighted by Gasteiger charge is 2.34. The van der Waals surface area contributed by atoms with Gasteiger partial charge in [-0.15, -0.1) is 5.10 Å². The fraction of sp³-hybridized carbons (Fsp3) is 0.111. The summed E-state index contributed by atoms with van der Waals surface area (Å²) in [7, 11) is 3.11. The van der Waals surface area contributed by atoms with Crippen molar-refractivity contribution in [2.75, 3.05) is 19.1 Å². The van der Waals surface area contributed by atoms with E-state index in [2.05, 4.69) is 10.1 Å². The summed E-state index contributed by atoms with van der Waals surface area (Å²) in [6.45, 7) is 0.356. The normalized spacial score (nSPS) is 14.4. The van der Waals surface area contributed by atoms with Crippen molar-refractivity contribution in [1.82, 2.24) is 14.6 Å². The summed E-state index contributed by atoms with van der Waals surface area (Å²) in [4.78, 5) is 33.8. The standard InChI is InChI=1S/C27H19ClN4O4S/c1-35-20-12-9-16(13-21(20)36-2)24-29-27-32(30-24)26(34)23(37-27)22-18-5-3-4-6-19(18)31(25(22)33)14-15-7-10-17(28)11-8-15/h3-13H,14H2,1-2H3/b23-22-. The van der Waals surface area contributed by atoms with Crippen molar-refractivity contribution in [1.29, 1.82) is 0 Å². The van der Waals surface area contributed by atoms with Gasteiger partial charge in [-0.1, -0.05) is 53.3 Å². The number of halogens is 1. The third-order valence-electron chi connectivity index (χ3n) is 6.20. The number of benzene rings is 3. The number of amides is 1. The number of methoxy groups -OCH3 is 2. The maximum atomic E-state index is 13.7. The predicted octanol–water partition coefficient (Wildman–Crippen LogP) is 3.95. The first-order valence-electron chi connectivity index (χ1n) is 11.3. The van der Waals surface area contributed by atoms with Gasteiger partial charge in [-0.2, -0.15) is 9.50 Å². The van der Waals surface area contributed by atoms with Crippen molar-refractivity contribution in [3.8, 4) is 22.9 Å². The fourth-order valence-electron chi connectivity index (χ4n) is 4.41. The smallest absolute Gasteiger partial charge is 0.291 e. The van der Waals surface area contributed by atoms with Gasteiger partial charge in [0, 0.05) is 16.1 Å². The number of hydrogen-bond donors (Lipinski definition) is 0. The minimum atomic E-state index is -0.384. The second-order valence-electron chi connectivity index (χ2n) is 8.35. The van der Waals surface area contributed by atoms with E-state index >= 15 is 0 Å². The Morgan fingerprint density at radius 2 is 1.70 bits per heavy atom. The van der Waals surface area contributed by atoms with Crippen LogP contribution in [0.4, 0.5) is 5.69 Å². The monoisotopic (exact) mass is 530 g/mol. The molecule has 3 heterocycles. The van der Waals surface area contributed by atoms with Gasteiger partial charge in [0.25, 0.3) is 11.5 Å². The number of para-hydroxylation sites is 1. The Balaban J connectivity index is 1.45. The van der Waals surface area contributed by atoms with E-state index in [0.29, 0.717) is 55.1 Å². The van der Waals surface area contributed by atoms with Gasteiger partial charge in [0.05, 0.1) is 32.0 Å². The first kappa shape index (κ1) is 23.2. The Morgan fingerprint density at radius 1 is 0.946 bits per heavy atom. The molecule has 8 nitrogen and oxygen atoms in total. The minimum Gasteiger partial charge on any atom is -0.493 e. The summed E-state index contributed by atoms with van der Waals surface area (Å²) in [6, 6.07) is 20.1. The quantitative estimate of drug-likeness (QED) is 0.342. The van der Waals surface area contributed by atoms with Crippen LogP contribution in [-0.2, 0) is 11.3 Å². The Kier molecular flexibility index (Phi) is 5.66. The molecule has 5 aromatic rings. The fourth-order valence-corrected chi connectivity index (χ4v) is 5.54. The molecule has 0 spiro atoms. The van der Waals surface area contributed by atoms with Crippen molar-refractivity contribution < 1.29 is 14.3 Å². The van der Waals surface area contributed by atoms with E-state index in [1.165, 1.54) is 4.52 Å². The molecule has 0 saturated carbocycles. The molecule has 0 fully saturated rings. The van der Waals surface area contributed by atoms with Gasteiger partial charge in [0.15, 0.2) is 17.3 Å². The average Bonchev–Trinajstić information content (AvgIpc) is 3.55. The summed E-state index contributed by atoms with van der Waals surface area (Å²) in [5, 5.41) is 5.06. The van der Waals surface area contributed by atoms with E-state index in [0.717, 1.165) is 22.6 Å². The second-order valence-corrected chi connectivity index (χ2v) is 9.76. The molecule has 3 aromatic carbocycles. The highest BCUT2D eigenvalue weighted by atomic mass is 35.5. The first-order valence-corrected chi connectivity index (χ1v) is 12.5. The number of carbonyl (C=O) groups is 1. The van der Waals surface area contributed by atoms with Crippen LogP contribution in [-0.4, -0.2) is 34.7 Å². The van der Waals surface area contributed by atoms with Gasteiger partial charge >= 0.3 is 0 Å². The van der Waals surface area contributed by atoms with Crippen molar-refractivity contribution >= 4 is 45.1 Å². The number of ether oxygens (including phenoxy) is 2. The van der Waals surface area contributed by atoms with Crippen LogP contribution in [0.2, 0.25) is 5.02 Å². The van der Waals surface area contributed by atoms with Crippen LogP contribution in [0.15, 0.2) is 71.5 Å². The number of aromatic nitrogens is 3. The Labute approximate surface area is 220 Å². The molecule has 1 aliphatic heterocycles. The lowest BCUT2D eigenvalue weighted by Gasteiger charge is -2.17. The molecule has 0 bridgehead atoms. The zero-order valence-electron chi connectivity index (χ0n) is 19.8. The number of hydrogen-bond acceptors (Lipinski definition) is 7. The molecule has 0 aliphatic carbocycles. The van der Waals surface area contributed by atoms with Crippen molar-refractivity contribution in [2.24, 2.45) is 0 Å².